The smallest absolute Gasteiger partial charge is 0.543 e. The number of thiazole rings is 1. The maximum absolute atomic E-state index is 13.1. The van der Waals surface area contributed by atoms with Gasteiger partial charge in [0.25, 0.3) is 17.0 Å². The summed E-state index contributed by atoms with van der Waals surface area (Å²) < 4.78 is 5.57. The molecule has 1 aromatic carbocycles. The number of fused-ring (bicyclic) bond motifs is 1. The fraction of sp³-hybridized carbons (Fsp3) is 0.208. The molecule has 2 amide bonds. The number of nitrogens with zero attached hydrogens (tertiary/aromatic N) is 5. The molecule has 0 spiro atoms. The molecule has 43 heavy (non-hydrogen) atoms. The molecule has 0 bridgehead atoms. The number of nitrogen functional groups attached to an aromatic ring is 1. The van der Waals surface area contributed by atoms with E-state index < -0.39 is 29.2 Å². The van der Waals surface area contributed by atoms with Crippen molar-refractivity contribution >= 4 is 63.5 Å². The zero-order valence-corrected chi connectivity index (χ0v) is 26.5. The van der Waals surface area contributed by atoms with Gasteiger partial charge < -0.3 is 40.4 Å². The van der Waals surface area contributed by atoms with Crippen LogP contribution >= 0.6 is 34.9 Å². The summed E-state index contributed by atoms with van der Waals surface area (Å²) in [5.74, 6) is -1.09. The van der Waals surface area contributed by atoms with Gasteiger partial charge in [-0.25, -0.2) is 4.98 Å². The van der Waals surface area contributed by atoms with Gasteiger partial charge in [0.2, 0.25) is 5.89 Å². The first kappa shape index (κ1) is 32.2. The van der Waals surface area contributed by atoms with Crippen molar-refractivity contribution in [3.63, 3.8) is 0 Å². The summed E-state index contributed by atoms with van der Waals surface area (Å²) in [4.78, 5) is 48.2. The predicted molar refractivity (Wildman–Crippen MR) is 149 cm³/mol. The minimum atomic E-state index is -1.55. The topological polar surface area (TPSA) is 229 Å². The van der Waals surface area contributed by atoms with E-state index in [1.165, 1.54) is 35.3 Å². The summed E-state index contributed by atoms with van der Waals surface area (Å²) in [5, 5.41) is 46.4. The van der Waals surface area contributed by atoms with Crippen molar-refractivity contribution in [2.24, 2.45) is 5.16 Å². The van der Waals surface area contributed by atoms with Crippen LogP contribution in [-0.2, 0) is 19.2 Å². The van der Waals surface area contributed by atoms with E-state index in [1.807, 2.05) is 0 Å². The normalized spacial score (nSPS) is 17.8. The van der Waals surface area contributed by atoms with Crippen molar-refractivity contribution in [3.8, 4) is 35.3 Å². The second-order valence-corrected chi connectivity index (χ2v) is 11.4. The number of carboxylic acids is 1. The number of nitrogens with one attached hydrogen (secondary N) is 1. The van der Waals surface area contributed by atoms with E-state index in [-0.39, 0.29) is 92.5 Å². The molecule has 1 fully saturated rings. The molecule has 0 aliphatic carbocycles. The molecule has 216 valence electrons. The number of nitrogens with two attached hydrogens (primary N) is 1. The molecule has 0 saturated carbocycles. The molecule has 2 aliphatic heterocycles. The van der Waals surface area contributed by atoms with Crippen LogP contribution in [0.1, 0.15) is 5.69 Å². The van der Waals surface area contributed by atoms with Gasteiger partial charge >= 0.3 is 29.6 Å². The molecule has 3 aromatic rings. The molecule has 0 radical (unpaired) electrons. The summed E-state index contributed by atoms with van der Waals surface area (Å²) in [6, 6.07) is 2.94. The van der Waals surface area contributed by atoms with Gasteiger partial charge in [-0.05, 0) is 23.8 Å². The number of aromatic hydroxyl groups is 2. The number of hydrogen-bond acceptors (Lipinski definition) is 16. The molecule has 0 unspecified atom stereocenters. The zero-order chi connectivity index (χ0) is 30.0. The average Bonchev–Trinajstić information content (AvgIpc) is 3.62. The number of phenolic OH excluding ortho intramolecular Hbond substituents is 2. The Hall–Kier alpha value is -3.73. The van der Waals surface area contributed by atoms with Gasteiger partial charge in [-0.15, -0.1) is 39.7 Å². The van der Waals surface area contributed by atoms with E-state index in [0.717, 1.165) is 28.0 Å². The van der Waals surface area contributed by atoms with Crippen LogP contribution in [0.25, 0.3) is 11.5 Å². The zero-order valence-electron chi connectivity index (χ0n) is 22.0. The van der Waals surface area contributed by atoms with Gasteiger partial charge in [0.1, 0.15) is 17.1 Å². The number of carbonyl (C=O) groups excluding carboxylic acids is 3. The van der Waals surface area contributed by atoms with Gasteiger partial charge in [-0.1, -0.05) is 22.8 Å². The largest absolute Gasteiger partial charge is 1.00 e. The number of rotatable bonds is 10. The van der Waals surface area contributed by atoms with Gasteiger partial charge in [0.15, 0.2) is 28.9 Å². The number of aliphatic carboxylic acids is 1. The van der Waals surface area contributed by atoms with Gasteiger partial charge in [0.05, 0.1) is 11.7 Å². The van der Waals surface area contributed by atoms with Crippen molar-refractivity contribution in [1.29, 1.82) is 0 Å². The van der Waals surface area contributed by atoms with Crippen LogP contribution in [0.3, 0.4) is 0 Å². The van der Waals surface area contributed by atoms with E-state index in [0.29, 0.717) is 11.1 Å². The van der Waals surface area contributed by atoms with E-state index in [1.54, 1.807) is 0 Å². The Bertz CT molecular complexity index is 1680. The van der Waals surface area contributed by atoms with Crippen LogP contribution in [0, 0.1) is 12.3 Å². The van der Waals surface area contributed by atoms with Gasteiger partial charge in [-0.2, -0.15) is 0 Å². The summed E-state index contributed by atoms with van der Waals surface area (Å²) in [7, 11) is 0. The Morgan fingerprint density at radius 3 is 2.81 bits per heavy atom. The average molecular weight is 652 g/mol. The third-order valence-corrected chi connectivity index (χ3v) is 8.73. The number of benzene rings is 1. The summed E-state index contributed by atoms with van der Waals surface area (Å²) in [6.45, 7) is -0.211. The van der Waals surface area contributed by atoms with Crippen LogP contribution in [0.15, 0.2) is 49.6 Å². The number of carbonyl (C=O) groups is 3. The number of thioether (sulfide) groups is 2. The minimum absolute atomic E-state index is 0. The van der Waals surface area contributed by atoms with E-state index in [9.17, 15) is 29.7 Å². The maximum Gasteiger partial charge on any atom is 1.00 e. The first-order valence-electron chi connectivity index (χ1n) is 11.7. The molecule has 5 N–H and O–H groups in total. The first-order chi connectivity index (χ1) is 20.2. The Morgan fingerprint density at radius 1 is 1.35 bits per heavy atom. The minimum Gasteiger partial charge on any atom is -0.543 e. The number of aromatic nitrogens is 3. The number of hydrogen-bond donors (Lipinski definition) is 4. The van der Waals surface area contributed by atoms with Crippen LogP contribution in [0.5, 0.6) is 11.5 Å². The van der Waals surface area contributed by atoms with Gasteiger partial charge in [0, 0.05) is 22.4 Å². The summed E-state index contributed by atoms with van der Waals surface area (Å²) in [5.41, 5.74) is 5.97. The SMILES string of the molecule is C#CCO/N=C(\C(=O)N[C@@H]1C(=O)N2C(C(=O)[O-])=C(CSc3nnc(-c4ccc(O)c(O)c4)o3)CS[C@H]12)c1csc(N)n1.[Na+]. The Labute approximate surface area is 277 Å². The van der Waals surface area contributed by atoms with E-state index in [2.05, 4.69) is 31.6 Å². The van der Waals surface area contributed by atoms with Crippen molar-refractivity contribution in [3.05, 3.63) is 40.5 Å². The standard InChI is InChI=1S/C24H19N7O8S3.Na/c1-2-5-38-30-15(12-9-41-23(25)26-12)18(34)27-16-20(35)31-17(22(36)37)11(7-40-21(16)31)8-42-24-29-28-19(39-24)10-3-4-13(32)14(33)6-10;/h1,3-4,6,9,16,21,32-33H,5,7-8H2,(H2,25,26)(H,27,34)(H,36,37);/q;+1/p-1/b30-15-;/t16-,21-;/m1./s1. The molecule has 15 nitrogen and oxygen atoms in total. The van der Waals surface area contributed by atoms with Crippen molar-refractivity contribution < 1.29 is 68.5 Å². The third-order valence-electron chi connectivity index (χ3n) is 5.81. The second kappa shape index (κ2) is 13.7. The maximum atomic E-state index is 13.1. The van der Waals surface area contributed by atoms with Crippen LogP contribution < -0.4 is 45.7 Å². The van der Waals surface area contributed by atoms with Crippen molar-refractivity contribution in [2.75, 3.05) is 23.8 Å². The number of terminal acetylenes is 1. The van der Waals surface area contributed by atoms with Crippen LogP contribution in [0.2, 0.25) is 0 Å². The number of oxime groups is 1. The molecule has 2 aromatic heterocycles. The fourth-order valence-corrected chi connectivity index (χ4v) is 6.71. The molecular weight excluding hydrogens is 633 g/mol. The fourth-order valence-electron chi connectivity index (χ4n) is 3.92. The number of amides is 2. The third kappa shape index (κ3) is 6.76. The number of phenols is 2. The van der Waals surface area contributed by atoms with Crippen LogP contribution in [0.4, 0.5) is 5.13 Å². The first-order valence-corrected chi connectivity index (χ1v) is 14.6. The Balaban J connectivity index is 0.00000423. The number of carboxylic acid groups (broad SMARTS) is 1. The number of anilines is 1. The molecule has 1 saturated heterocycles. The number of β-lactam (4-membered cyclic amide) rings is 1. The summed E-state index contributed by atoms with van der Waals surface area (Å²) >= 11 is 3.36. The quantitative estimate of drug-likeness (QED) is 0.0247. The molecule has 19 heteroatoms. The second-order valence-electron chi connectivity index (χ2n) is 8.45. The molecular formula is C24H18N7NaO8S3. The van der Waals surface area contributed by atoms with Gasteiger partial charge in [-0.3, -0.25) is 14.5 Å². The Morgan fingerprint density at radius 2 is 2.14 bits per heavy atom. The molecule has 2 atom stereocenters. The monoisotopic (exact) mass is 651 g/mol. The Kier molecular flexibility index (Phi) is 10.3. The van der Waals surface area contributed by atoms with E-state index in [4.69, 9.17) is 21.4 Å². The van der Waals surface area contributed by atoms with Crippen molar-refractivity contribution in [2.45, 2.75) is 16.6 Å². The molecule has 4 heterocycles. The predicted octanol–water partition coefficient (Wildman–Crippen LogP) is -3.26. The van der Waals surface area contributed by atoms with E-state index >= 15 is 0 Å². The molecule has 2 aliphatic rings. The molecule has 5 rings (SSSR count). The van der Waals surface area contributed by atoms with Crippen molar-refractivity contribution in [1.82, 2.24) is 25.4 Å². The van der Waals surface area contributed by atoms with Crippen LogP contribution in [-0.4, -0.2) is 83.3 Å². The summed E-state index contributed by atoms with van der Waals surface area (Å²) in [6.07, 6.45) is 5.16.